The fraction of sp³-hybridized carbons (Fsp3) is 0. The summed E-state index contributed by atoms with van der Waals surface area (Å²) in [6, 6.07) is 83.6. The topological polar surface area (TPSA) is 35.6 Å². The van der Waals surface area contributed by atoms with Gasteiger partial charge in [-0.25, -0.2) is 9.97 Å². The van der Waals surface area contributed by atoms with Crippen molar-refractivity contribution in [2.24, 2.45) is 0 Å². The van der Waals surface area contributed by atoms with Gasteiger partial charge in [-0.1, -0.05) is 164 Å². The number of rotatable bonds is 4. The summed E-state index contributed by atoms with van der Waals surface area (Å²) >= 11 is 3.79. The molecule has 358 valence electrons. The zero-order valence-electron chi connectivity index (χ0n) is 41.5. The largest absolute Gasteiger partial charge is 0.294 e. The Morgan fingerprint density at radius 3 is 1.65 bits per heavy atom. The first-order valence-corrected chi connectivity index (χ1v) is 28.3. The van der Waals surface area contributed by atoms with E-state index in [2.05, 4.69) is 228 Å². The second kappa shape index (κ2) is 15.0. The smallest absolute Gasteiger partial charge is 0.138 e. The quantitative estimate of drug-likeness (QED) is 0.176. The Morgan fingerprint density at radius 1 is 0.295 bits per heavy atom. The highest BCUT2D eigenvalue weighted by molar-refractivity contribution is 7.26. The average Bonchev–Trinajstić information content (AvgIpc) is 4.41. The van der Waals surface area contributed by atoms with Crippen LogP contribution in [0.2, 0.25) is 0 Å². The van der Waals surface area contributed by atoms with Crippen LogP contribution in [-0.4, -0.2) is 19.1 Å². The minimum Gasteiger partial charge on any atom is -0.294 e. The van der Waals surface area contributed by atoms with E-state index in [-0.39, 0.29) is 0 Å². The molecule has 0 saturated carbocycles. The van der Waals surface area contributed by atoms with Crippen LogP contribution >= 0.6 is 22.7 Å². The Labute approximate surface area is 453 Å². The van der Waals surface area contributed by atoms with Crippen molar-refractivity contribution in [2.45, 2.75) is 0 Å². The predicted molar refractivity (Wildman–Crippen MR) is 331 cm³/mol. The van der Waals surface area contributed by atoms with Crippen LogP contribution in [0, 0.1) is 0 Å². The number of hydrogen-bond donors (Lipinski definition) is 0. The molecule has 0 bridgehead atoms. The van der Waals surface area contributed by atoms with E-state index in [1.807, 2.05) is 34.9 Å². The highest BCUT2D eigenvalue weighted by Gasteiger charge is 2.31. The monoisotopic (exact) mass is 1020 g/mol. The number of pyridine rings is 2. The lowest BCUT2D eigenvalue weighted by Crippen LogP contribution is -1.99. The Morgan fingerprint density at radius 2 is 0.885 bits per heavy atom. The van der Waals surface area contributed by atoms with Crippen molar-refractivity contribution in [1.29, 1.82) is 0 Å². The van der Waals surface area contributed by atoms with Crippen molar-refractivity contribution in [2.75, 3.05) is 0 Å². The first-order chi connectivity index (χ1) is 38.7. The average molecular weight is 1020 g/mol. The van der Waals surface area contributed by atoms with Gasteiger partial charge in [0.15, 0.2) is 0 Å². The molecule has 2 aliphatic carbocycles. The summed E-state index contributed by atoms with van der Waals surface area (Å²) in [5, 5.41) is 15.4. The lowest BCUT2D eigenvalue weighted by Gasteiger charge is -2.16. The fourth-order valence-electron chi connectivity index (χ4n) is 14.2. The van der Waals surface area contributed by atoms with Gasteiger partial charge in [0.2, 0.25) is 0 Å². The zero-order valence-corrected chi connectivity index (χ0v) is 43.2. The van der Waals surface area contributed by atoms with Crippen molar-refractivity contribution in [3.63, 3.8) is 0 Å². The molecule has 17 aromatic rings. The second-order valence-electron chi connectivity index (χ2n) is 21.1. The Bertz CT molecular complexity index is 5560. The van der Waals surface area contributed by atoms with E-state index < -0.39 is 0 Å². The van der Waals surface area contributed by atoms with Gasteiger partial charge in [-0.3, -0.25) is 9.13 Å². The summed E-state index contributed by atoms with van der Waals surface area (Å²) in [6.07, 6.45) is 1.91. The molecule has 6 aromatic heterocycles. The number of benzene rings is 11. The minimum atomic E-state index is 0.909. The van der Waals surface area contributed by atoms with Crippen molar-refractivity contribution >= 4 is 128 Å². The summed E-state index contributed by atoms with van der Waals surface area (Å²) in [5.74, 6) is 1.83. The zero-order chi connectivity index (χ0) is 50.5. The molecule has 6 heterocycles. The maximum atomic E-state index is 5.47. The SMILES string of the molecule is c1ccc(-c2cccc(-n3c4cc5sc6ccccc6c5c5c4c4c6c(ccc(-c7ccc8c(c7)sc7cc9c%10c(c78)-c7ccccc7-c7cccc8ccc(c%10c78)n9-c7ccccn7)c6ccc43)-c3ccccc3-5)n2)cc1. The molecule has 0 radical (unpaired) electrons. The normalized spacial score (nSPS) is 12.6. The van der Waals surface area contributed by atoms with Crippen LogP contribution in [0.5, 0.6) is 0 Å². The van der Waals surface area contributed by atoms with Gasteiger partial charge in [0.25, 0.3) is 0 Å². The molecule has 19 rings (SSSR count). The molecule has 0 amide bonds. The highest BCUT2D eigenvalue weighted by atomic mass is 32.1. The van der Waals surface area contributed by atoms with E-state index in [0.29, 0.717) is 0 Å². The molecule has 0 fully saturated rings. The van der Waals surface area contributed by atoms with Crippen LogP contribution in [0.4, 0.5) is 0 Å². The van der Waals surface area contributed by atoms with Crippen LogP contribution in [-0.2, 0) is 0 Å². The number of thiophene rings is 2. The molecule has 0 saturated heterocycles. The van der Waals surface area contributed by atoms with Crippen LogP contribution in [0.25, 0.3) is 184 Å². The van der Waals surface area contributed by atoms with Crippen LogP contribution in [0.15, 0.2) is 231 Å². The molecular formula is C72H38N4S2. The number of hydrogen-bond acceptors (Lipinski definition) is 4. The van der Waals surface area contributed by atoms with Crippen LogP contribution < -0.4 is 0 Å². The molecular weight excluding hydrogens is 985 g/mol. The van der Waals surface area contributed by atoms with Crippen LogP contribution in [0.3, 0.4) is 0 Å². The van der Waals surface area contributed by atoms with Crippen molar-refractivity contribution in [1.82, 2.24) is 19.1 Å². The van der Waals surface area contributed by atoms with Crippen molar-refractivity contribution in [3.05, 3.63) is 231 Å². The third-order valence-corrected chi connectivity index (χ3v) is 19.4. The van der Waals surface area contributed by atoms with Gasteiger partial charge in [0.1, 0.15) is 11.6 Å². The third-order valence-electron chi connectivity index (χ3n) is 17.2. The maximum Gasteiger partial charge on any atom is 0.138 e. The number of nitrogens with zero attached hydrogens (tertiary/aromatic N) is 4. The first-order valence-electron chi connectivity index (χ1n) is 26.6. The summed E-state index contributed by atoms with van der Waals surface area (Å²) in [4.78, 5) is 10.5. The summed E-state index contributed by atoms with van der Waals surface area (Å²) in [6.45, 7) is 0. The Balaban J connectivity index is 0.911. The molecule has 78 heavy (non-hydrogen) atoms. The van der Waals surface area contributed by atoms with Crippen molar-refractivity contribution in [3.8, 4) is 78.5 Å². The summed E-state index contributed by atoms with van der Waals surface area (Å²) in [5.41, 5.74) is 19.4. The molecule has 6 heteroatoms. The lowest BCUT2D eigenvalue weighted by atomic mass is 9.89. The predicted octanol–water partition coefficient (Wildman–Crippen LogP) is 20.3. The first kappa shape index (κ1) is 41.5. The fourth-order valence-corrected chi connectivity index (χ4v) is 16.5. The summed E-state index contributed by atoms with van der Waals surface area (Å²) in [7, 11) is 0. The van der Waals surface area contributed by atoms with E-state index in [0.717, 1.165) is 28.4 Å². The van der Waals surface area contributed by atoms with E-state index in [4.69, 9.17) is 9.97 Å². The van der Waals surface area contributed by atoms with Crippen LogP contribution in [0.1, 0.15) is 0 Å². The molecule has 11 aromatic carbocycles. The Kier molecular flexibility index (Phi) is 7.99. The van der Waals surface area contributed by atoms with E-state index >= 15 is 0 Å². The maximum absolute atomic E-state index is 5.47. The molecule has 0 atom stereocenters. The molecule has 4 nitrogen and oxygen atoms in total. The summed E-state index contributed by atoms with van der Waals surface area (Å²) < 4.78 is 9.96. The molecule has 2 aliphatic rings. The molecule has 0 N–H and O–H groups in total. The van der Waals surface area contributed by atoms with Gasteiger partial charge in [0.05, 0.1) is 27.8 Å². The van der Waals surface area contributed by atoms with Gasteiger partial charge in [-0.15, -0.1) is 22.7 Å². The van der Waals surface area contributed by atoms with E-state index in [9.17, 15) is 0 Å². The highest BCUT2D eigenvalue weighted by Crippen LogP contribution is 2.57. The molecule has 0 spiro atoms. The third kappa shape index (κ3) is 5.28. The standard InChI is InChI=1S/C72H38N4S2/c1-2-14-39(15-3-1)52-23-13-26-62(74-52)76-54-34-32-48-42(30-31-49-44-18-5-7-20-47(44)67-65-50-21-8-9-24-57(50)77-59(65)38-56(76)72(67)70(54)64(48)49)41-27-29-51-58(36-41)78-60-37-55-71-68(66(51)60)46-19-6-4-17-43(46)45-22-12-16-40-28-33-53(69(71)63(40)45)75(55)61-25-10-11-35-73-61/h1-38H. The van der Waals surface area contributed by atoms with E-state index in [1.54, 1.807) is 0 Å². The molecule has 0 aliphatic heterocycles. The van der Waals surface area contributed by atoms with Gasteiger partial charge < -0.3 is 0 Å². The Hall–Kier alpha value is -9.72. The van der Waals surface area contributed by atoms with Gasteiger partial charge in [-0.2, -0.15) is 0 Å². The van der Waals surface area contributed by atoms with Gasteiger partial charge in [0, 0.05) is 90.2 Å². The van der Waals surface area contributed by atoms with Gasteiger partial charge >= 0.3 is 0 Å². The minimum absolute atomic E-state index is 0.909. The van der Waals surface area contributed by atoms with Gasteiger partial charge in [-0.05, 0) is 121 Å². The number of aromatic nitrogens is 4. The molecule has 0 unspecified atom stereocenters. The van der Waals surface area contributed by atoms with Crippen molar-refractivity contribution < 1.29 is 0 Å². The lowest BCUT2D eigenvalue weighted by molar-refractivity contribution is 1.08. The number of fused-ring (bicyclic) bond motifs is 14. The van der Waals surface area contributed by atoms with E-state index in [1.165, 1.54) is 156 Å². The second-order valence-corrected chi connectivity index (χ2v) is 23.2.